The molecule has 0 saturated carbocycles. The summed E-state index contributed by atoms with van der Waals surface area (Å²) in [5.74, 6) is 1.63. The number of hydrogen-bond donors (Lipinski definition) is 1. The Morgan fingerprint density at radius 1 is 1.50 bits per heavy atom. The molecule has 0 bridgehead atoms. The lowest BCUT2D eigenvalue weighted by Crippen LogP contribution is -2.17. The van der Waals surface area contributed by atoms with Crippen LogP contribution in [0.15, 0.2) is 4.60 Å². The van der Waals surface area contributed by atoms with Gasteiger partial charge in [-0.25, -0.2) is 4.98 Å². The Hall–Kier alpha value is -0.390. The number of hydrogen-bond acceptors (Lipinski definition) is 3. The summed E-state index contributed by atoms with van der Waals surface area (Å²) >= 11 is 3.56. The molecular formula is C11H18BrN3O. The summed E-state index contributed by atoms with van der Waals surface area (Å²) in [6.07, 6.45) is 3.00. The number of halogens is 1. The largest absolute Gasteiger partial charge is 0.381 e. The molecule has 2 N–H and O–H groups in total. The van der Waals surface area contributed by atoms with Crippen LogP contribution >= 0.6 is 15.9 Å². The molecular weight excluding hydrogens is 270 g/mol. The fourth-order valence-corrected chi connectivity index (χ4v) is 3.08. The van der Waals surface area contributed by atoms with E-state index in [1.165, 1.54) is 5.69 Å². The van der Waals surface area contributed by atoms with Crippen molar-refractivity contribution in [1.29, 1.82) is 0 Å². The van der Waals surface area contributed by atoms with Crippen molar-refractivity contribution in [3.8, 4) is 0 Å². The molecule has 0 atom stereocenters. The van der Waals surface area contributed by atoms with E-state index in [-0.39, 0.29) is 0 Å². The smallest absolute Gasteiger partial charge is 0.127 e. The molecule has 2 rings (SSSR count). The molecule has 0 aliphatic carbocycles. The fourth-order valence-electron chi connectivity index (χ4n) is 2.29. The molecule has 1 saturated heterocycles. The van der Waals surface area contributed by atoms with Crippen LogP contribution in [-0.2, 0) is 18.2 Å². The first-order valence-electron chi connectivity index (χ1n) is 5.72. The van der Waals surface area contributed by atoms with Crippen molar-refractivity contribution in [2.24, 2.45) is 12.8 Å². The van der Waals surface area contributed by atoms with Crippen molar-refractivity contribution in [3.63, 3.8) is 0 Å². The maximum atomic E-state index is 5.58. The summed E-state index contributed by atoms with van der Waals surface area (Å²) < 4.78 is 8.55. The maximum absolute atomic E-state index is 5.58. The molecule has 0 aromatic carbocycles. The van der Waals surface area contributed by atoms with Gasteiger partial charge in [0.2, 0.25) is 0 Å². The first-order valence-corrected chi connectivity index (χ1v) is 6.52. The van der Waals surface area contributed by atoms with Crippen LogP contribution in [-0.4, -0.2) is 29.3 Å². The van der Waals surface area contributed by atoms with Crippen molar-refractivity contribution in [3.05, 3.63) is 16.1 Å². The Morgan fingerprint density at radius 2 is 2.19 bits per heavy atom. The van der Waals surface area contributed by atoms with Gasteiger partial charge in [-0.2, -0.15) is 0 Å². The van der Waals surface area contributed by atoms with Crippen LogP contribution in [0.5, 0.6) is 0 Å². The lowest BCUT2D eigenvalue weighted by atomic mass is 9.97. The van der Waals surface area contributed by atoms with E-state index in [0.29, 0.717) is 12.5 Å². The molecule has 1 aliphatic rings. The van der Waals surface area contributed by atoms with Crippen LogP contribution in [0.4, 0.5) is 0 Å². The average molecular weight is 288 g/mol. The molecule has 1 aliphatic heterocycles. The zero-order chi connectivity index (χ0) is 11.5. The molecule has 90 valence electrons. The Labute approximate surface area is 104 Å². The summed E-state index contributed by atoms with van der Waals surface area (Å²) in [6.45, 7) is 2.35. The quantitative estimate of drug-likeness (QED) is 0.918. The second-order valence-corrected chi connectivity index (χ2v) is 4.94. The first kappa shape index (κ1) is 12.1. The molecule has 4 nitrogen and oxygen atoms in total. The SMILES string of the molecule is Cn1c(CCN)nc(Br)c1C1CCOCC1. The standard InChI is InChI=1S/C11H18BrN3O/c1-15-9(2-5-13)14-11(12)10(15)8-3-6-16-7-4-8/h8H,2-7,13H2,1H3. The molecule has 0 amide bonds. The molecule has 0 spiro atoms. The predicted octanol–water partition coefficient (Wildman–Crippen LogP) is 1.58. The third-order valence-electron chi connectivity index (χ3n) is 3.16. The highest BCUT2D eigenvalue weighted by molar-refractivity contribution is 9.10. The second kappa shape index (κ2) is 5.29. The van der Waals surface area contributed by atoms with E-state index in [1.807, 2.05) is 0 Å². The number of nitrogens with two attached hydrogens (primary N) is 1. The minimum Gasteiger partial charge on any atom is -0.381 e. The Morgan fingerprint density at radius 3 is 2.81 bits per heavy atom. The summed E-state index contributed by atoms with van der Waals surface area (Å²) in [5, 5.41) is 0. The van der Waals surface area contributed by atoms with Crippen molar-refractivity contribution in [2.75, 3.05) is 19.8 Å². The number of imidazole rings is 1. The van der Waals surface area contributed by atoms with Crippen LogP contribution in [0.3, 0.4) is 0 Å². The third-order valence-corrected chi connectivity index (χ3v) is 3.75. The van der Waals surface area contributed by atoms with Gasteiger partial charge in [-0.1, -0.05) is 0 Å². The zero-order valence-corrected chi connectivity index (χ0v) is 11.2. The van der Waals surface area contributed by atoms with E-state index < -0.39 is 0 Å². The highest BCUT2D eigenvalue weighted by atomic mass is 79.9. The number of aromatic nitrogens is 2. The lowest BCUT2D eigenvalue weighted by molar-refractivity contribution is 0.0837. The maximum Gasteiger partial charge on any atom is 0.127 e. The van der Waals surface area contributed by atoms with Gasteiger partial charge >= 0.3 is 0 Å². The van der Waals surface area contributed by atoms with Gasteiger partial charge in [0.25, 0.3) is 0 Å². The highest BCUT2D eigenvalue weighted by Gasteiger charge is 2.23. The van der Waals surface area contributed by atoms with Gasteiger partial charge < -0.3 is 15.0 Å². The molecule has 2 heterocycles. The Kier molecular flexibility index (Phi) is 4.00. The van der Waals surface area contributed by atoms with Crippen molar-refractivity contribution < 1.29 is 4.74 Å². The van der Waals surface area contributed by atoms with Gasteiger partial charge in [0.15, 0.2) is 0 Å². The summed E-state index contributed by atoms with van der Waals surface area (Å²) in [4.78, 5) is 4.53. The highest BCUT2D eigenvalue weighted by Crippen LogP contribution is 2.32. The molecule has 1 aromatic heterocycles. The van der Waals surface area contributed by atoms with E-state index in [4.69, 9.17) is 10.5 Å². The minimum atomic E-state index is 0.562. The minimum absolute atomic E-state index is 0.562. The number of ether oxygens (including phenoxy) is 1. The van der Waals surface area contributed by atoms with Gasteiger partial charge in [-0.15, -0.1) is 0 Å². The van der Waals surface area contributed by atoms with E-state index >= 15 is 0 Å². The average Bonchev–Trinajstić information content (AvgIpc) is 2.56. The predicted molar refractivity (Wildman–Crippen MR) is 66.5 cm³/mol. The topological polar surface area (TPSA) is 53.1 Å². The van der Waals surface area contributed by atoms with Crippen molar-refractivity contribution >= 4 is 15.9 Å². The van der Waals surface area contributed by atoms with Crippen LogP contribution in [0, 0.1) is 0 Å². The Balaban J connectivity index is 2.24. The monoisotopic (exact) mass is 287 g/mol. The molecule has 1 fully saturated rings. The zero-order valence-electron chi connectivity index (χ0n) is 9.58. The van der Waals surface area contributed by atoms with Gasteiger partial charge in [0, 0.05) is 32.6 Å². The van der Waals surface area contributed by atoms with Crippen molar-refractivity contribution in [2.45, 2.75) is 25.2 Å². The van der Waals surface area contributed by atoms with Crippen LogP contribution in [0.2, 0.25) is 0 Å². The van der Waals surface area contributed by atoms with E-state index in [9.17, 15) is 0 Å². The van der Waals surface area contributed by atoms with Crippen molar-refractivity contribution in [1.82, 2.24) is 9.55 Å². The summed E-state index contributed by atoms with van der Waals surface area (Å²) in [5.41, 5.74) is 6.88. The third kappa shape index (κ3) is 2.31. The normalized spacial score (nSPS) is 17.9. The van der Waals surface area contributed by atoms with Crippen LogP contribution in [0.1, 0.15) is 30.3 Å². The van der Waals surface area contributed by atoms with Crippen LogP contribution < -0.4 is 5.73 Å². The van der Waals surface area contributed by atoms with E-state index in [2.05, 4.69) is 32.5 Å². The fraction of sp³-hybridized carbons (Fsp3) is 0.727. The molecule has 16 heavy (non-hydrogen) atoms. The molecule has 5 heteroatoms. The van der Waals surface area contributed by atoms with Gasteiger partial charge in [-0.05, 0) is 35.3 Å². The van der Waals surface area contributed by atoms with E-state index in [1.54, 1.807) is 0 Å². The van der Waals surface area contributed by atoms with Gasteiger partial charge in [0.1, 0.15) is 10.4 Å². The van der Waals surface area contributed by atoms with Crippen LogP contribution in [0.25, 0.3) is 0 Å². The number of nitrogens with zero attached hydrogens (tertiary/aromatic N) is 2. The summed E-state index contributed by atoms with van der Waals surface area (Å²) in [6, 6.07) is 0. The second-order valence-electron chi connectivity index (χ2n) is 4.19. The summed E-state index contributed by atoms with van der Waals surface area (Å²) in [7, 11) is 2.08. The first-order chi connectivity index (χ1) is 7.74. The lowest BCUT2D eigenvalue weighted by Gasteiger charge is -2.23. The Bertz CT molecular complexity index is 358. The number of rotatable bonds is 3. The van der Waals surface area contributed by atoms with E-state index in [0.717, 1.165) is 42.9 Å². The van der Waals surface area contributed by atoms with Gasteiger partial charge in [-0.3, -0.25) is 0 Å². The van der Waals surface area contributed by atoms with Gasteiger partial charge in [0.05, 0.1) is 5.69 Å². The molecule has 0 unspecified atom stereocenters. The molecule has 1 aromatic rings. The molecule has 0 radical (unpaired) electrons.